The molecule has 0 bridgehead atoms. The molecule has 178 valence electrons. The first-order valence-electron chi connectivity index (χ1n) is 9.60. The van der Waals surface area contributed by atoms with Crippen LogP contribution in [0.15, 0.2) is 41.4 Å². The SMILES string of the molecule is OCC1O[C@H](Sc2cc(Cl)ccc2Cl)C(O)C(N2C=C(c3cc(F)c(F)c(F)c3)NN2)[C@H]1O. The van der Waals surface area contributed by atoms with Crippen molar-refractivity contribution in [3.05, 3.63) is 69.6 Å². The van der Waals surface area contributed by atoms with Crippen molar-refractivity contribution in [2.75, 3.05) is 6.61 Å². The number of hydrogen-bond acceptors (Lipinski definition) is 8. The lowest BCUT2D eigenvalue weighted by Crippen LogP contribution is -2.65. The summed E-state index contributed by atoms with van der Waals surface area (Å²) >= 11 is 13.3. The average Bonchev–Trinajstić information content (AvgIpc) is 3.26. The second-order valence-corrected chi connectivity index (χ2v) is 9.31. The van der Waals surface area contributed by atoms with Crippen molar-refractivity contribution in [1.29, 1.82) is 0 Å². The third-order valence-corrected chi connectivity index (χ3v) is 7.08. The van der Waals surface area contributed by atoms with Gasteiger partial charge in [0.2, 0.25) is 0 Å². The van der Waals surface area contributed by atoms with Gasteiger partial charge >= 0.3 is 0 Å². The zero-order valence-corrected chi connectivity index (χ0v) is 18.9. The number of hydrogen-bond donors (Lipinski definition) is 5. The Kier molecular flexibility index (Phi) is 7.32. The fourth-order valence-corrected chi connectivity index (χ4v) is 5.15. The maximum absolute atomic E-state index is 13.6. The van der Waals surface area contributed by atoms with Crippen molar-refractivity contribution in [1.82, 2.24) is 16.0 Å². The molecule has 0 radical (unpaired) electrons. The first-order chi connectivity index (χ1) is 15.7. The third kappa shape index (κ3) is 4.91. The number of nitrogens with zero attached hydrogens (tertiary/aromatic N) is 1. The van der Waals surface area contributed by atoms with Gasteiger partial charge in [-0.15, -0.1) is 5.53 Å². The minimum Gasteiger partial charge on any atom is -0.394 e. The fraction of sp³-hybridized carbons (Fsp3) is 0.300. The first-order valence-corrected chi connectivity index (χ1v) is 11.2. The Balaban J connectivity index is 1.61. The van der Waals surface area contributed by atoms with E-state index in [0.29, 0.717) is 14.9 Å². The van der Waals surface area contributed by atoms with E-state index in [1.807, 2.05) is 0 Å². The summed E-state index contributed by atoms with van der Waals surface area (Å²) in [6.45, 7) is -0.545. The largest absolute Gasteiger partial charge is 0.394 e. The molecule has 13 heteroatoms. The Morgan fingerprint density at radius 2 is 1.76 bits per heavy atom. The van der Waals surface area contributed by atoms with Crippen LogP contribution >= 0.6 is 35.0 Å². The molecule has 4 rings (SSSR count). The van der Waals surface area contributed by atoms with Crippen LogP contribution in [0, 0.1) is 17.5 Å². The van der Waals surface area contributed by atoms with E-state index >= 15 is 0 Å². The zero-order valence-electron chi connectivity index (χ0n) is 16.6. The average molecular weight is 524 g/mol. The van der Waals surface area contributed by atoms with Crippen molar-refractivity contribution in [2.45, 2.75) is 34.7 Å². The highest BCUT2D eigenvalue weighted by molar-refractivity contribution is 8.00. The summed E-state index contributed by atoms with van der Waals surface area (Å²) in [5.74, 6) is -4.33. The van der Waals surface area contributed by atoms with Gasteiger partial charge in [0.25, 0.3) is 0 Å². The van der Waals surface area contributed by atoms with Crippen LogP contribution in [0.1, 0.15) is 5.56 Å². The molecule has 2 aromatic carbocycles. The van der Waals surface area contributed by atoms with Crippen LogP contribution in [-0.4, -0.2) is 56.7 Å². The van der Waals surface area contributed by atoms with Crippen LogP contribution in [0.4, 0.5) is 13.2 Å². The molecule has 0 saturated carbocycles. The van der Waals surface area contributed by atoms with E-state index in [1.54, 1.807) is 18.2 Å². The highest BCUT2D eigenvalue weighted by atomic mass is 35.5. The highest BCUT2D eigenvalue weighted by Gasteiger charge is 2.48. The van der Waals surface area contributed by atoms with Crippen molar-refractivity contribution < 1.29 is 33.2 Å². The summed E-state index contributed by atoms with van der Waals surface area (Å²) in [5.41, 5.74) is 4.52. The summed E-state index contributed by atoms with van der Waals surface area (Å²) in [6.07, 6.45) is -2.40. The van der Waals surface area contributed by atoms with Gasteiger partial charge in [0.15, 0.2) is 17.5 Å². The zero-order chi connectivity index (χ0) is 23.9. The molecule has 1 fully saturated rings. The van der Waals surface area contributed by atoms with Gasteiger partial charge in [-0.25, -0.2) is 13.2 Å². The van der Waals surface area contributed by atoms with Gasteiger partial charge in [-0.05, 0) is 30.3 Å². The van der Waals surface area contributed by atoms with Crippen molar-refractivity contribution in [3.8, 4) is 0 Å². The summed E-state index contributed by atoms with van der Waals surface area (Å²) < 4.78 is 46.2. The van der Waals surface area contributed by atoms with Gasteiger partial charge in [-0.1, -0.05) is 35.0 Å². The summed E-state index contributed by atoms with van der Waals surface area (Å²) in [5, 5.41) is 33.5. The Morgan fingerprint density at radius 1 is 1.06 bits per heavy atom. The number of thioether (sulfide) groups is 1. The number of aliphatic hydroxyl groups excluding tert-OH is 3. The summed E-state index contributed by atoms with van der Waals surface area (Å²) in [6, 6.07) is 5.31. The molecule has 0 aromatic heterocycles. The van der Waals surface area contributed by atoms with Crippen LogP contribution in [0.2, 0.25) is 10.0 Å². The van der Waals surface area contributed by atoms with E-state index < -0.39 is 53.8 Å². The van der Waals surface area contributed by atoms with E-state index in [0.717, 1.165) is 23.9 Å². The molecular weight excluding hydrogens is 506 g/mol. The van der Waals surface area contributed by atoms with Crippen LogP contribution in [0.3, 0.4) is 0 Å². The van der Waals surface area contributed by atoms with E-state index in [1.165, 1.54) is 11.2 Å². The van der Waals surface area contributed by atoms with Crippen molar-refractivity contribution in [2.24, 2.45) is 0 Å². The van der Waals surface area contributed by atoms with E-state index in [2.05, 4.69) is 11.0 Å². The number of ether oxygens (including phenoxy) is 1. The lowest BCUT2D eigenvalue weighted by molar-refractivity contribution is -0.189. The standard InChI is InChI=1S/C20H18Cl2F3N3O4S/c21-9-1-2-10(22)15(5-9)33-20-19(31)17(18(30)14(7-29)32-20)28-6-13(26-27-28)8-3-11(23)16(25)12(24)4-8/h1-6,14,17-20,26-27,29-31H,7H2/t14?,17?,18-,19?,20+/m0/s1. The minimum absolute atomic E-state index is 0.00668. The molecule has 2 heterocycles. The van der Waals surface area contributed by atoms with Gasteiger partial charge in [0.1, 0.15) is 29.8 Å². The number of aliphatic hydroxyl groups is 3. The normalized spacial score (nSPS) is 27.5. The highest BCUT2D eigenvalue weighted by Crippen LogP contribution is 2.39. The molecule has 3 unspecified atom stereocenters. The molecule has 5 N–H and O–H groups in total. The lowest BCUT2D eigenvalue weighted by Gasteiger charge is -2.45. The van der Waals surface area contributed by atoms with Crippen molar-refractivity contribution >= 4 is 40.7 Å². The van der Waals surface area contributed by atoms with Crippen LogP contribution < -0.4 is 11.0 Å². The second-order valence-electron chi connectivity index (χ2n) is 7.33. The Hall–Kier alpha value is -1.70. The number of benzene rings is 2. The lowest BCUT2D eigenvalue weighted by atomic mass is 9.97. The maximum atomic E-state index is 13.6. The predicted molar refractivity (Wildman–Crippen MR) is 116 cm³/mol. The fourth-order valence-electron chi connectivity index (χ4n) is 3.53. The van der Waals surface area contributed by atoms with Gasteiger partial charge in [-0.2, -0.15) is 0 Å². The third-order valence-electron chi connectivity index (χ3n) is 5.19. The molecule has 0 amide bonds. The van der Waals surface area contributed by atoms with E-state index in [9.17, 15) is 28.5 Å². The summed E-state index contributed by atoms with van der Waals surface area (Å²) in [7, 11) is 0. The Morgan fingerprint density at radius 3 is 2.42 bits per heavy atom. The molecule has 2 aliphatic heterocycles. The maximum Gasteiger partial charge on any atom is 0.194 e. The smallest absolute Gasteiger partial charge is 0.194 e. The first kappa shape index (κ1) is 24.4. The van der Waals surface area contributed by atoms with E-state index in [4.69, 9.17) is 27.9 Å². The topological polar surface area (TPSA) is 97.2 Å². The molecule has 2 aliphatic rings. The molecule has 33 heavy (non-hydrogen) atoms. The second kappa shape index (κ2) is 9.88. The number of nitrogens with one attached hydrogen (secondary N) is 2. The number of hydrazine groups is 2. The molecule has 0 spiro atoms. The van der Waals surface area contributed by atoms with Gasteiger partial charge in [0, 0.05) is 21.7 Å². The molecule has 2 aromatic rings. The Bertz CT molecular complexity index is 1060. The molecule has 7 nitrogen and oxygen atoms in total. The van der Waals surface area contributed by atoms with Crippen LogP contribution in [0.25, 0.3) is 5.70 Å². The molecular formula is C20H18Cl2F3N3O4S. The number of rotatable bonds is 5. The molecule has 5 atom stereocenters. The minimum atomic E-state index is -1.59. The van der Waals surface area contributed by atoms with Crippen LogP contribution in [0.5, 0.6) is 0 Å². The van der Waals surface area contributed by atoms with Crippen LogP contribution in [-0.2, 0) is 4.74 Å². The van der Waals surface area contributed by atoms with Crippen molar-refractivity contribution in [3.63, 3.8) is 0 Å². The van der Waals surface area contributed by atoms with E-state index in [-0.39, 0.29) is 11.3 Å². The quantitative estimate of drug-likeness (QED) is 0.381. The van der Waals surface area contributed by atoms with Gasteiger partial charge < -0.3 is 25.5 Å². The van der Waals surface area contributed by atoms with Gasteiger partial charge in [-0.3, -0.25) is 5.01 Å². The molecule has 1 saturated heterocycles. The predicted octanol–water partition coefficient (Wildman–Crippen LogP) is 2.63. The Labute approximate surface area is 200 Å². The summed E-state index contributed by atoms with van der Waals surface area (Å²) in [4.78, 5) is 0.515. The molecule has 0 aliphatic carbocycles. The number of halogens is 5. The monoisotopic (exact) mass is 523 g/mol. The van der Waals surface area contributed by atoms with Gasteiger partial charge in [0.05, 0.1) is 17.3 Å².